The summed E-state index contributed by atoms with van der Waals surface area (Å²) >= 11 is 36.8. The molecule has 9 aromatic heterocycles. The standard InChI is InChI=1S/C21H22F2N8O9P2S3.C21H23FN8O10P2S3.C21H23FN8O9P2S3/c22-10-9-4-37-42(35,44)39-14-8(38-19(11(14)23)30-5-26-12-7(32)1-2-25-16(12)30)3-36-41(34,43)40-15(10)20(45-9)31-6-27-13-17(31)28-21(24)29-18(13)33;22-10-14-8(38-19(10)29-5-25-11-7(31)1-2-24-16(11)29)3-36-41(34,43)40-15-13(32)9(4-37-42(35,44)39-14)45-20(15)30-6-26-12-17(30)27-21(23)28-18(12)33;22-14-13-6-34-40(33,42)38-11-3-10(8-4-24-17-9(31)1-2-26-30(8)17)36-12(11)5-35-41(43,44)39-16(14)20(37-13)29-7-25-15-18(29)27-21(23)28-19(15)32/h2,5-6,8-11,14-15,19-20H,1,3-4H2,(H,34,43)(H,35,44)(H3,24,28,29,33);2,5-6,8-10,13-15,19-20,32H,1,3-4H2,(H,34,43)(H,35,44)(H3,23,27,28,33);2,4,7,10-14,16,20H,1,3,5-6H2,(H,33,42)(H,43,44)(H3,23,27,28,32)/t8-,9-,10+,11+,14-,15-,19-,20-,41?,42?;8-,9-,10+,13-,14-,15-,19-,20-,41?,42?;10-,11+,12-,13-,14-,16-,20-,40?/m111/s1. The second kappa shape index (κ2) is 37.4. The lowest BCUT2D eigenvalue weighted by atomic mass is 10.1. The molecule has 21 heterocycles. The van der Waals surface area contributed by atoms with E-state index in [1.54, 1.807) is 0 Å². The molecule has 9 fully saturated rings. The normalized spacial score (nSPS) is 38.4. The monoisotopic (exact) mass is 2160 g/mol. The number of carbonyl (C=O) groups excluding carboxylic acids is 3. The SMILES string of the molecule is Nc1nc2c(ncn2[C@@H]2O[C@@H]3COP(O)(=S)O[C@H]4C[C@H](c5cnc6n5N=CCC6=O)O[C@@H]4COP(=S)(S)O[C@@H]2[C@@H]3F)c(=O)[nH]1.Nc1nc2c(ncn2[C@@H]2S[C@@H]3COP(=O)(S)O[C@H]4[C@H](F)[C@H](n5cnc6c5N=CCC6=O)O[C@@H]4COP(O)(=S)O[C@@H]2[C@@H]3O)c(=O)[nH]1.Nc1nc2c(ncn2[C@@H]2S[C@@H]3COP(O)(=S)O[C@H]4[C@H](F)[C@H](n5cnc6c5N=CCC6=O)O[C@@H]4COP(O)(=S)O[C@@H]2[C@H]3F)c(=O)[nH]1. The second-order valence-electron chi connectivity index (χ2n) is 30.7. The van der Waals surface area contributed by atoms with Crippen LogP contribution in [0.2, 0.25) is 0 Å². The number of hydrogen-bond donors (Lipinski definition) is 13. The van der Waals surface area contributed by atoms with Crippen molar-refractivity contribution in [1.29, 1.82) is 0 Å². The number of nitrogens with zero attached hydrogens (tertiary/aromatic N) is 18. The minimum Gasteiger partial charge on any atom is -0.389 e. The van der Waals surface area contributed by atoms with Gasteiger partial charge in [0.15, 0.2) is 111 Å². The molecule has 71 heteroatoms. The number of aromatic amines is 3. The zero-order valence-electron chi connectivity index (χ0n) is 66.9. The number of halogens is 4. The van der Waals surface area contributed by atoms with Crippen LogP contribution in [0, 0.1) is 0 Å². The number of carbonyl (C=O) groups is 3. The summed E-state index contributed by atoms with van der Waals surface area (Å²) in [5, 5.41) is 11.5. The number of imidazole rings is 6. The molecule has 0 saturated carbocycles. The molecular weight excluding hydrogens is 2090 g/mol. The van der Waals surface area contributed by atoms with E-state index in [0.717, 1.165) is 23.5 Å². The second-order valence-corrected chi connectivity index (χ2v) is 52.7. The number of aliphatic hydroxyl groups is 1. The molecule has 9 saturated heterocycles. The molecule has 0 radical (unpaired) electrons. The van der Waals surface area contributed by atoms with Gasteiger partial charge >= 0.3 is 33.7 Å². The highest BCUT2D eigenvalue weighted by Gasteiger charge is 2.58. The Morgan fingerprint density at radius 3 is 1.46 bits per heavy atom. The van der Waals surface area contributed by atoms with Crippen LogP contribution in [-0.4, -0.2) is 290 Å². The lowest BCUT2D eigenvalue weighted by Gasteiger charge is -2.28. The highest BCUT2D eigenvalue weighted by molar-refractivity contribution is 8.60. The number of nitrogens with one attached hydrogen (secondary N) is 3. The van der Waals surface area contributed by atoms with Gasteiger partial charge in [0.2, 0.25) is 29.3 Å². The van der Waals surface area contributed by atoms with E-state index in [0.29, 0.717) is 5.69 Å². The minimum absolute atomic E-state index is 0.00469. The maximum absolute atomic E-state index is 16.0. The van der Waals surface area contributed by atoms with E-state index in [4.69, 9.17) is 149 Å². The Labute approximate surface area is 789 Å². The van der Waals surface area contributed by atoms with Gasteiger partial charge in [-0.1, -0.05) is 24.5 Å². The Bertz CT molecular complexity index is 6580. The van der Waals surface area contributed by atoms with E-state index < -0.39 is 227 Å². The fourth-order valence-corrected chi connectivity index (χ4v) is 28.6. The first kappa shape index (κ1) is 96.7. The molecule has 134 heavy (non-hydrogen) atoms. The van der Waals surface area contributed by atoms with E-state index in [1.165, 1.54) is 84.0 Å². The molecule has 21 rings (SSSR count). The molecule has 0 aromatic carbocycles. The molecule has 12 aliphatic heterocycles. The van der Waals surface area contributed by atoms with Gasteiger partial charge in [0, 0.05) is 37.9 Å². The number of fused-ring (bicyclic) bond motifs is 15. The Morgan fingerprint density at radius 1 is 0.455 bits per heavy atom. The van der Waals surface area contributed by atoms with Gasteiger partial charge in [0.25, 0.3) is 16.7 Å². The van der Waals surface area contributed by atoms with Gasteiger partial charge in [-0.15, -0.1) is 23.5 Å². The van der Waals surface area contributed by atoms with Gasteiger partial charge in [-0.05, 0) is 59.0 Å². The van der Waals surface area contributed by atoms with E-state index in [-0.39, 0.29) is 130 Å². The zero-order chi connectivity index (χ0) is 94.6. The number of ether oxygens (including phenoxy) is 4. The number of thiol groups is 2. The summed E-state index contributed by atoms with van der Waals surface area (Å²) in [6, 6.07) is 0. The average Bonchev–Trinajstić information content (AvgIpc) is 1.62. The van der Waals surface area contributed by atoms with Gasteiger partial charge in [0.05, 0.1) is 112 Å². The number of H-pyrrole nitrogens is 3. The largest absolute Gasteiger partial charge is 0.389 e. The van der Waals surface area contributed by atoms with Crippen LogP contribution >= 0.6 is 87.4 Å². The number of thioether (sulfide) groups is 2. The number of ketones is 3. The number of nitrogen functional groups attached to an aromatic ring is 3. The summed E-state index contributed by atoms with van der Waals surface area (Å²) in [7, 11) is 0. The Morgan fingerprint density at radius 2 is 0.903 bits per heavy atom. The molecular formula is C63H68F4N24O28P6S9. The van der Waals surface area contributed by atoms with Crippen molar-refractivity contribution in [3.8, 4) is 0 Å². The Hall–Kier alpha value is -6.14. The number of rotatable bonds is 6. The van der Waals surface area contributed by atoms with E-state index in [2.05, 4.69) is 99.4 Å². The molecule has 12 aliphatic rings. The molecule has 14 N–H and O–H groups in total. The molecule has 0 spiro atoms. The third kappa shape index (κ3) is 19.2. The van der Waals surface area contributed by atoms with Crippen LogP contribution < -0.4 is 33.9 Å². The smallest absolute Gasteiger partial charge is 0.386 e. The predicted octanol–water partition coefficient (Wildman–Crippen LogP) is 3.77. The van der Waals surface area contributed by atoms with Crippen LogP contribution in [0.25, 0.3) is 33.5 Å². The average molecular weight is 2160 g/mol. The van der Waals surface area contributed by atoms with Crippen LogP contribution in [0.1, 0.15) is 98.5 Å². The van der Waals surface area contributed by atoms with Crippen LogP contribution in [0.5, 0.6) is 0 Å². The topological polar surface area (TPSA) is 676 Å². The summed E-state index contributed by atoms with van der Waals surface area (Å²) in [4.78, 5) is 170. The van der Waals surface area contributed by atoms with Crippen molar-refractivity contribution in [2.24, 2.45) is 15.1 Å². The van der Waals surface area contributed by atoms with Crippen LogP contribution in [-0.2, 0) is 137 Å². The van der Waals surface area contributed by atoms with Crippen molar-refractivity contribution in [3.05, 3.63) is 91.8 Å². The fraction of sp³-hybridized carbons (Fsp3) is 0.524. The van der Waals surface area contributed by atoms with Crippen molar-refractivity contribution >= 4 is 245 Å². The van der Waals surface area contributed by atoms with Gasteiger partial charge < -0.3 is 92.5 Å². The molecule has 720 valence electrons. The predicted molar refractivity (Wildman–Crippen MR) is 483 cm³/mol. The number of aliphatic imine (C=N–C) groups is 2. The summed E-state index contributed by atoms with van der Waals surface area (Å²) in [6.45, 7) is -24.1. The quantitative estimate of drug-likeness (QED) is 0.0640. The number of alkyl halides is 4. The van der Waals surface area contributed by atoms with Crippen LogP contribution in [0.3, 0.4) is 0 Å². The summed E-state index contributed by atoms with van der Waals surface area (Å²) < 4.78 is 177. The summed E-state index contributed by atoms with van der Waals surface area (Å²) in [5.41, 5.74) is 12.2. The fourth-order valence-electron chi connectivity index (χ4n) is 16.1. The van der Waals surface area contributed by atoms with E-state index >= 15 is 17.6 Å². The highest BCUT2D eigenvalue weighted by atomic mass is 32.9. The molecule has 6 unspecified atom stereocenters. The minimum atomic E-state index is -4.35. The van der Waals surface area contributed by atoms with E-state index in [9.17, 15) is 58.0 Å². The molecule has 52 nitrogen and oxygen atoms in total. The molecule has 0 amide bonds. The first-order valence-corrected chi connectivity index (χ1v) is 57.9. The lowest BCUT2D eigenvalue weighted by molar-refractivity contribution is -0.0516. The number of nitrogens with two attached hydrogens (primary N) is 3. The Kier molecular flexibility index (Phi) is 27.0. The maximum atomic E-state index is 16.0. The van der Waals surface area contributed by atoms with Crippen LogP contribution in [0.4, 0.5) is 47.0 Å². The van der Waals surface area contributed by atoms with Gasteiger partial charge in [-0.3, -0.25) is 89.2 Å². The van der Waals surface area contributed by atoms with Crippen molar-refractivity contribution in [3.63, 3.8) is 0 Å². The number of aromatic nitrogens is 18. The van der Waals surface area contributed by atoms with Gasteiger partial charge in [-0.25, -0.2) is 66.7 Å². The number of anilines is 3. The van der Waals surface area contributed by atoms with Crippen molar-refractivity contribution < 1.29 is 134 Å². The molecule has 0 aliphatic carbocycles. The first-order chi connectivity index (χ1) is 63.5. The number of Topliss-reactive ketones (excluding diaryl/α,β-unsaturated/α-hetero) is 3. The van der Waals surface area contributed by atoms with Crippen molar-refractivity contribution in [2.75, 3.05) is 56.8 Å². The summed E-state index contributed by atoms with van der Waals surface area (Å²) in [5.74, 6) is -1.15. The van der Waals surface area contributed by atoms with Crippen LogP contribution in [0.15, 0.2) is 67.3 Å². The van der Waals surface area contributed by atoms with Crippen molar-refractivity contribution in [1.82, 2.24) is 87.3 Å². The number of hydrogen-bond acceptors (Lipinski definition) is 46. The Balaban J connectivity index is 0.000000129. The zero-order valence-corrected chi connectivity index (χ0v) is 79.8. The lowest BCUT2D eigenvalue weighted by Crippen LogP contribution is -2.35. The maximum Gasteiger partial charge on any atom is 0.386 e. The highest BCUT2D eigenvalue weighted by Crippen LogP contribution is 2.64. The van der Waals surface area contributed by atoms with Gasteiger partial charge in [-0.2, -0.15) is 20.1 Å². The summed E-state index contributed by atoms with van der Waals surface area (Å²) in [6.07, 6.45) is -15.3. The third-order valence-electron chi connectivity index (χ3n) is 22.1. The first-order valence-electron chi connectivity index (χ1n) is 39.2. The third-order valence-corrected chi connectivity index (χ3v) is 35.2. The van der Waals surface area contributed by atoms with E-state index in [1.807, 2.05) is 0 Å². The molecule has 9 aromatic rings. The molecule has 6 bridgehead atoms. The molecule has 29 atom stereocenters. The van der Waals surface area contributed by atoms with Gasteiger partial charge in [0.1, 0.15) is 78.0 Å². The van der Waals surface area contributed by atoms with Crippen molar-refractivity contribution in [2.45, 2.75) is 164 Å². The number of aliphatic hydroxyl groups excluding tert-OH is 1.